The fraction of sp³-hybridized carbons (Fsp3) is 0.125. The van der Waals surface area contributed by atoms with Crippen LogP contribution in [-0.2, 0) is 6.42 Å². The molecule has 0 spiro atoms. The van der Waals surface area contributed by atoms with E-state index in [2.05, 4.69) is 15.9 Å². The van der Waals surface area contributed by atoms with E-state index < -0.39 is 0 Å². The maximum atomic E-state index is 12.9. The number of nitriles is 1. The molecule has 0 heterocycles. The first-order valence-electron chi connectivity index (χ1n) is 3.15. The predicted molar refractivity (Wildman–Crippen MR) is 56.1 cm³/mol. The quantitative estimate of drug-likeness (QED) is 0.569. The van der Waals surface area contributed by atoms with E-state index in [1.807, 2.05) is 28.7 Å². The van der Waals surface area contributed by atoms with Crippen LogP contribution in [0, 0.1) is 20.7 Å². The molecule has 4 heteroatoms. The molecular weight excluding hydrogens is 336 g/mol. The summed E-state index contributed by atoms with van der Waals surface area (Å²) >= 11 is 5.09. The lowest BCUT2D eigenvalue weighted by Gasteiger charge is -2.01. The summed E-state index contributed by atoms with van der Waals surface area (Å²) in [6.45, 7) is 0. The third-order valence-corrected chi connectivity index (χ3v) is 2.92. The molecule has 0 N–H and O–H groups in total. The highest BCUT2D eigenvalue weighted by atomic mass is 127. The summed E-state index contributed by atoms with van der Waals surface area (Å²) < 4.78 is 14.1. The topological polar surface area (TPSA) is 23.8 Å². The van der Waals surface area contributed by atoms with Crippen LogP contribution in [0.25, 0.3) is 0 Å². The monoisotopic (exact) mass is 339 g/mol. The summed E-state index contributed by atoms with van der Waals surface area (Å²) in [4.78, 5) is 0. The smallest absolute Gasteiger partial charge is 0.137 e. The molecular formula is C8H4BrFIN. The average Bonchev–Trinajstić information content (AvgIpc) is 2.01. The lowest BCUT2D eigenvalue weighted by Crippen LogP contribution is -1.89. The number of hydrogen-bond donors (Lipinski definition) is 0. The van der Waals surface area contributed by atoms with Crippen LogP contribution in [0.2, 0.25) is 0 Å². The molecule has 0 bridgehead atoms. The first-order valence-corrected chi connectivity index (χ1v) is 5.02. The van der Waals surface area contributed by atoms with Crippen LogP contribution in [-0.4, -0.2) is 0 Å². The Labute approximate surface area is 91.8 Å². The molecule has 0 aliphatic rings. The zero-order valence-corrected chi connectivity index (χ0v) is 9.69. The summed E-state index contributed by atoms with van der Waals surface area (Å²) in [5, 5.41) is 8.44. The van der Waals surface area contributed by atoms with Gasteiger partial charge < -0.3 is 0 Å². The molecule has 12 heavy (non-hydrogen) atoms. The van der Waals surface area contributed by atoms with Crippen LogP contribution in [0.5, 0.6) is 0 Å². The van der Waals surface area contributed by atoms with Gasteiger partial charge in [0, 0.05) is 8.04 Å². The number of halogens is 3. The largest absolute Gasteiger partial charge is 0.206 e. The Bertz CT molecular complexity index is 346. The highest BCUT2D eigenvalue weighted by Gasteiger charge is 2.05. The highest BCUT2D eigenvalue weighted by Crippen LogP contribution is 2.22. The molecule has 0 atom stereocenters. The molecule has 0 radical (unpaired) electrons. The summed E-state index contributed by atoms with van der Waals surface area (Å²) in [5.41, 5.74) is 0.823. The molecule has 1 aromatic carbocycles. The summed E-state index contributed by atoms with van der Waals surface area (Å²) in [6, 6.07) is 5.07. The van der Waals surface area contributed by atoms with Crippen molar-refractivity contribution in [3.05, 3.63) is 31.6 Å². The summed E-state index contributed by atoms with van der Waals surface area (Å²) in [7, 11) is 0. The molecule has 0 saturated heterocycles. The van der Waals surface area contributed by atoms with Crippen molar-refractivity contribution >= 4 is 38.5 Å². The summed E-state index contributed by atoms with van der Waals surface area (Å²) in [5.74, 6) is -0.260. The van der Waals surface area contributed by atoms with Crippen molar-refractivity contribution in [1.29, 1.82) is 5.26 Å². The van der Waals surface area contributed by atoms with Gasteiger partial charge in [-0.15, -0.1) is 0 Å². The standard InChI is InChI=1S/C8H4BrFIN/c9-6-4-7(10)8(11)3-5(6)1-2-12/h3-4H,1H2. The molecule has 0 fully saturated rings. The predicted octanol–water partition coefficient (Wildman–Crippen LogP) is 3.26. The first kappa shape index (κ1) is 9.93. The minimum atomic E-state index is -0.260. The molecule has 0 aromatic heterocycles. The Morgan fingerprint density at radius 3 is 2.83 bits per heavy atom. The van der Waals surface area contributed by atoms with Gasteiger partial charge in [0.2, 0.25) is 0 Å². The molecule has 1 aromatic rings. The van der Waals surface area contributed by atoms with Crippen molar-refractivity contribution in [3.8, 4) is 6.07 Å². The second kappa shape index (κ2) is 4.19. The van der Waals surface area contributed by atoms with Gasteiger partial charge >= 0.3 is 0 Å². The second-order valence-corrected chi connectivity index (χ2v) is 4.21. The van der Waals surface area contributed by atoms with Gasteiger partial charge in [-0.1, -0.05) is 15.9 Å². The van der Waals surface area contributed by atoms with Crippen LogP contribution in [0.3, 0.4) is 0 Å². The molecule has 0 saturated carbocycles. The van der Waals surface area contributed by atoms with Gasteiger partial charge in [-0.2, -0.15) is 5.26 Å². The van der Waals surface area contributed by atoms with Crippen molar-refractivity contribution in [2.75, 3.05) is 0 Å². The minimum Gasteiger partial charge on any atom is -0.206 e. The normalized spacial score (nSPS) is 9.50. The minimum absolute atomic E-state index is 0.260. The fourth-order valence-corrected chi connectivity index (χ4v) is 1.77. The van der Waals surface area contributed by atoms with E-state index in [-0.39, 0.29) is 5.82 Å². The second-order valence-electron chi connectivity index (χ2n) is 2.19. The Kier molecular flexibility index (Phi) is 3.47. The lowest BCUT2D eigenvalue weighted by molar-refractivity contribution is 0.618. The van der Waals surface area contributed by atoms with Crippen molar-refractivity contribution in [3.63, 3.8) is 0 Å². The van der Waals surface area contributed by atoms with E-state index in [0.29, 0.717) is 14.5 Å². The van der Waals surface area contributed by atoms with E-state index >= 15 is 0 Å². The van der Waals surface area contributed by atoms with E-state index in [0.717, 1.165) is 5.56 Å². The van der Waals surface area contributed by atoms with E-state index in [4.69, 9.17) is 5.26 Å². The molecule has 1 rings (SSSR count). The van der Waals surface area contributed by atoms with Crippen molar-refractivity contribution in [1.82, 2.24) is 0 Å². The first-order chi connectivity index (χ1) is 5.65. The Hall–Kier alpha value is -0.150. The van der Waals surface area contributed by atoms with Crippen LogP contribution >= 0.6 is 38.5 Å². The van der Waals surface area contributed by atoms with Gasteiger partial charge in [0.05, 0.1) is 12.5 Å². The van der Waals surface area contributed by atoms with Crippen LogP contribution in [0.15, 0.2) is 16.6 Å². The number of benzene rings is 1. The maximum absolute atomic E-state index is 12.9. The van der Waals surface area contributed by atoms with Gasteiger partial charge in [-0.3, -0.25) is 0 Å². The van der Waals surface area contributed by atoms with Gasteiger partial charge in [0.25, 0.3) is 0 Å². The molecule has 0 amide bonds. The number of nitrogens with zero attached hydrogens (tertiary/aromatic N) is 1. The number of rotatable bonds is 1. The van der Waals surface area contributed by atoms with Crippen molar-refractivity contribution < 1.29 is 4.39 Å². The fourth-order valence-electron chi connectivity index (χ4n) is 0.784. The zero-order valence-electron chi connectivity index (χ0n) is 5.94. The summed E-state index contributed by atoms with van der Waals surface area (Å²) in [6.07, 6.45) is 0.302. The third-order valence-electron chi connectivity index (χ3n) is 1.36. The number of hydrogen-bond acceptors (Lipinski definition) is 1. The average molecular weight is 340 g/mol. The molecule has 0 unspecified atom stereocenters. The van der Waals surface area contributed by atoms with Crippen LogP contribution in [0.4, 0.5) is 4.39 Å². The molecule has 62 valence electrons. The highest BCUT2D eigenvalue weighted by molar-refractivity contribution is 14.1. The molecule has 0 aliphatic carbocycles. The van der Waals surface area contributed by atoms with Crippen LogP contribution < -0.4 is 0 Å². The Morgan fingerprint density at radius 1 is 1.58 bits per heavy atom. The van der Waals surface area contributed by atoms with Crippen molar-refractivity contribution in [2.24, 2.45) is 0 Å². The Balaban J connectivity index is 3.16. The zero-order chi connectivity index (χ0) is 9.14. The van der Waals surface area contributed by atoms with Gasteiger partial charge in [-0.05, 0) is 40.3 Å². The molecule has 0 aliphatic heterocycles. The Morgan fingerprint density at radius 2 is 2.25 bits per heavy atom. The maximum Gasteiger partial charge on any atom is 0.137 e. The van der Waals surface area contributed by atoms with Crippen molar-refractivity contribution in [2.45, 2.75) is 6.42 Å². The van der Waals surface area contributed by atoms with Gasteiger partial charge in [0.15, 0.2) is 0 Å². The van der Waals surface area contributed by atoms with E-state index in [9.17, 15) is 4.39 Å². The van der Waals surface area contributed by atoms with Gasteiger partial charge in [0.1, 0.15) is 5.82 Å². The van der Waals surface area contributed by atoms with Crippen LogP contribution in [0.1, 0.15) is 5.56 Å². The third kappa shape index (κ3) is 2.17. The molecule has 1 nitrogen and oxygen atoms in total. The van der Waals surface area contributed by atoms with Gasteiger partial charge in [-0.25, -0.2) is 4.39 Å². The SMILES string of the molecule is N#CCc1cc(I)c(F)cc1Br. The lowest BCUT2D eigenvalue weighted by atomic mass is 10.2. The van der Waals surface area contributed by atoms with E-state index in [1.54, 1.807) is 6.07 Å². The van der Waals surface area contributed by atoms with E-state index in [1.165, 1.54) is 6.07 Å².